The van der Waals surface area contributed by atoms with Crippen molar-refractivity contribution in [3.63, 3.8) is 0 Å². The SMILES string of the molecule is CCC1(C(=O)Nc2nc(-c3c[nH]c(C(N)=O)c3)cs2)CCCN1. The van der Waals surface area contributed by atoms with Crippen LogP contribution in [-0.2, 0) is 4.79 Å². The Hall–Kier alpha value is -2.19. The van der Waals surface area contributed by atoms with E-state index in [4.69, 9.17) is 5.73 Å². The lowest BCUT2D eigenvalue weighted by atomic mass is 9.93. The van der Waals surface area contributed by atoms with E-state index in [1.54, 1.807) is 12.3 Å². The van der Waals surface area contributed by atoms with Crippen LogP contribution in [0.1, 0.15) is 36.7 Å². The standard InChI is InChI=1S/C15H19N5O2S/c1-2-15(4-3-5-18-15)13(22)20-14-19-11(8-23-14)9-6-10(12(16)21)17-7-9/h6-8,17-18H,2-5H2,1H3,(H2,16,21)(H,19,20,22). The highest BCUT2D eigenvalue weighted by molar-refractivity contribution is 7.14. The van der Waals surface area contributed by atoms with Gasteiger partial charge in [-0.3, -0.25) is 9.59 Å². The summed E-state index contributed by atoms with van der Waals surface area (Å²) in [6.45, 7) is 2.87. The van der Waals surface area contributed by atoms with Crippen LogP contribution < -0.4 is 16.4 Å². The molecule has 2 aromatic heterocycles. The van der Waals surface area contributed by atoms with Crippen molar-refractivity contribution in [1.29, 1.82) is 0 Å². The number of aromatic amines is 1. The Morgan fingerprint density at radius 1 is 1.52 bits per heavy atom. The molecular formula is C15H19N5O2S. The minimum absolute atomic E-state index is 0.0368. The minimum atomic E-state index is -0.516. The van der Waals surface area contributed by atoms with Crippen LogP contribution in [0.3, 0.4) is 0 Å². The summed E-state index contributed by atoms with van der Waals surface area (Å²) in [5, 5.41) is 8.59. The number of primary amides is 1. The second-order valence-corrected chi connectivity index (χ2v) is 6.48. The molecule has 1 aliphatic heterocycles. The Bertz CT molecular complexity index is 730. The van der Waals surface area contributed by atoms with Crippen LogP contribution in [0, 0.1) is 0 Å². The van der Waals surface area contributed by atoms with Gasteiger partial charge in [0.05, 0.1) is 11.2 Å². The topological polar surface area (TPSA) is 113 Å². The van der Waals surface area contributed by atoms with Crippen molar-refractivity contribution in [2.24, 2.45) is 5.73 Å². The van der Waals surface area contributed by atoms with Gasteiger partial charge in [0.1, 0.15) is 5.69 Å². The van der Waals surface area contributed by atoms with Gasteiger partial charge in [-0.1, -0.05) is 6.92 Å². The van der Waals surface area contributed by atoms with Crippen LogP contribution in [0.5, 0.6) is 0 Å². The number of carbonyl (C=O) groups excluding carboxylic acids is 2. The van der Waals surface area contributed by atoms with Crippen LogP contribution in [0.25, 0.3) is 11.3 Å². The number of nitrogens with zero attached hydrogens (tertiary/aromatic N) is 1. The van der Waals surface area contributed by atoms with Gasteiger partial charge in [0.15, 0.2) is 5.13 Å². The van der Waals surface area contributed by atoms with Gasteiger partial charge in [0.2, 0.25) is 5.91 Å². The molecule has 2 amide bonds. The highest BCUT2D eigenvalue weighted by atomic mass is 32.1. The van der Waals surface area contributed by atoms with Crippen LogP contribution >= 0.6 is 11.3 Å². The molecule has 3 rings (SSSR count). The van der Waals surface area contributed by atoms with E-state index in [1.807, 2.05) is 12.3 Å². The molecule has 0 radical (unpaired) electrons. The maximum Gasteiger partial charge on any atom is 0.265 e. The van der Waals surface area contributed by atoms with E-state index in [9.17, 15) is 9.59 Å². The molecule has 1 saturated heterocycles. The number of nitrogens with two attached hydrogens (primary N) is 1. The fourth-order valence-corrected chi connectivity index (χ4v) is 3.54. The molecule has 23 heavy (non-hydrogen) atoms. The Kier molecular flexibility index (Phi) is 4.18. The number of carbonyl (C=O) groups is 2. The van der Waals surface area contributed by atoms with Crippen LogP contribution in [-0.4, -0.2) is 33.9 Å². The summed E-state index contributed by atoms with van der Waals surface area (Å²) >= 11 is 1.36. The zero-order valence-electron chi connectivity index (χ0n) is 12.8. The lowest BCUT2D eigenvalue weighted by Gasteiger charge is -2.25. The van der Waals surface area contributed by atoms with Gasteiger partial charge in [-0.05, 0) is 31.9 Å². The predicted octanol–water partition coefficient (Wildman–Crippen LogP) is 1.71. The number of anilines is 1. The van der Waals surface area contributed by atoms with Crippen LogP contribution in [0.2, 0.25) is 0 Å². The van der Waals surface area contributed by atoms with Gasteiger partial charge in [0, 0.05) is 17.1 Å². The fraction of sp³-hybridized carbons (Fsp3) is 0.400. The molecule has 122 valence electrons. The molecule has 5 N–H and O–H groups in total. The number of amides is 2. The Morgan fingerprint density at radius 3 is 2.96 bits per heavy atom. The Morgan fingerprint density at radius 2 is 2.35 bits per heavy atom. The quantitative estimate of drug-likeness (QED) is 0.667. The molecule has 0 aliphatic carbocycles. The van der Waals surface area contributed by atoms with E-state index < -0.39 is 11.4 Å². The lowest BCUT2D eigenvalue weighted by Crippen LogP contribution is -2.50. The molecule has 1 atom stereocenters. The Balaban J connectivity index is 1.74. The summed E-state index contributed by atoms with van der Waals surface area (Å²) < 4.78 is 0. The van der Waals surface area contributed by atoms with Gasteiger partial charge < -0.3 is 21.4 Å². The largest absolute Gasteiger partial charge is 0.364 e. The highest BCUT2D eigenvalue weighted by Crippen LogP contribution is 2.28. The number of hydrogen-bond acceptors (Lipinski definition) is 5. The smallest absolute Gasteiger partial charge is 0.265 e. The molecule has 0 aromatic carbocycles. The third-order valence-corrected chi connectivity index (χ3v) is 5.01. The second kappa shape index (κ2) is 6.13. The van der Waals surface area contributed by atoms with Crippen molar-refractivity contribution in [3.8, 4) is 11.3 Å². The number of rotatable bonds is 5. The zero-order chi connectivity index (χ0) is 16.4. The van der Waals surface area contributed by atoms with Gasteiger partial charge in [-0.15, -0.1) is 11.3 Å². The molecule has 0 bridgehead atoms. The van der Waals surface area contributed by atoms with Gasteiger partial charge in [-0.25, -0.2) is 4.98 Å². The maximum atomic E-state index is 12.5. The molecule has 1 unspecified atom stereocenters. The highest BCUT2D eigenvalue weighted by Gasteiger charge is 2.39. The summed E-state index contributed by atoms with van der Waals surface area (Å²) in [6, 6.07) is 1.65. The van der Waals surface area contributed by atoms with Gasteiger partial charge in [-0.2, -0.15) is 0 Å². The number of H-pyrrole nitrogens is 1. The van der Waals surface area contributed by atoms with Gasteiger partial charge >= 0.3 is 0 Å². The summed E-state index contributed by atoms with van der Waals surface area (Å²) in [4.78, 5) is 30.9. The molecule has 3 heterocycles. The molecule has 0 spiro atoms. The third-order valence-electron chi connectivity index (χ3n) is 4.25. The number of aromatic nitrogens is 2. The van der Waals surface area contributed by atoms with E-state index in [0.29, 0.717) is 16.5 Å². The van der Waals surface area contributed by atoms with Crippen molar-refractivity contribution in [2.45, 2.75) is 31.7 Å². The number of thiazole rings is 1. The van der Waals surface area contributed by atoms with Crippen molar-refractivity contribution in [3.05, 3.63) is 23.3 Å². The van der Waals surface area contributed by atoms with Crippen molar-refractivity contribution >= 4 is 28.3 Å². The Labute approximate surface area is 137 Å². The maximum absolute atomic E-state index is 12.5. The third kappa shape index (κ3) is 2.99. The first-order valence-corrected chi connectivity index (χ1v) is 8.42. The van der Waals surface area contributed by atoms with Crippen LogP contribution in [0.15, 0.2) is 17.6 Å². The predicted molar refractivity (Wildman–Crippen MR) is 89.3 cm³/mol. The van der Waals surface area contributed by atoms with E-state index in [1.165, 1.54) is 11.3 Å². The molecular weight excluding hydrogens is 314 g/mol. The molecule has 7 nitrogen and oxygen atoms in total. The fourth-order valence-electron chi connectivity index (χ4n) is 2.83. The summed E-state index contributed by atoms with van der Waals surface area (Å²) in [7, 11) is 0. The average Bonchev–Trinajstić information content (AvgIpc) is 3.27. The number of hydrogen-bond donors (Lipinski definition) is 4. The van der Waals surface area contributed by atoms with E-state index in [-0.39, 0.29) is 5.91 Å². The molecule has 0 saturated carbocycles. The van der Waals surface area contributed by atoms with Crippen molar-refractivity contribution in [1.82, 2.24) is 15.3 Å². The molecule has 8 heteroatoms. The monoisotopic (exact) mass is 333 g/mol. The average molecular weight is 333 g/mol. The first-order valence-electron chi connectivity index (χ1n) is 7.55. The lowest BCUT2D eigenvalue weighted by molar-refractivity contribution is -0.122. The molecule has 1 aliphatic rings. The first-order chi connectivity index (χ1) is 11.0. The summed E-state index contributed by atoms with van der Waals surface area (Å²) in [5.41, 5.74) is 6.53. The normalized spacial score (nSPS) is 20.6. The van der Waals surface area contributed by atoms with E-state index >= 15 is 0 Å². The van der Waals surface area contributed by atoms with Crippen LogP contribution in [0.4, 0.5) is 5.13 Å². The summed E-state index contributed by atoms with van der Waals surface area (Å²) in [5.74, 6) is -0.553. The summed E-state index contributed by atoms with van der Waals surface area (Å²) in [6.07, 6.45) is 4.26. The van der Waals surface area contributed by atoms with E-state index in [0.717, 1.165) is 31.4 Å². The molecule has 2 aromatic rings. The zero-order valence-corrected chi connectivity index (χ0v) is 13.6. The van der Waals surface area contributed by atoms with Crippen molar-refractivity contribution in [2.75, 3.05) is 11.9 Å². The minimum Gasteiger partial charge on any atom is -0.364 e. The van der Waals surface area contributed by atoms with Gasteiger partial charge in [0.25, 0.3) is 5.91 Å². The van der Waals surface area contributed by atoms with Crippen molar-refractivity contribution < 1.29 is 9.59 Å². The van der Waals surface area contributed by atoms with E-state index in [2.05, 4.69) is 20.6 Å². The number of nitrogens with one attached hydrogen (secondary N) is 3. The first kappa shape index (κ1) is 15.7. The molecule has 1 fully saturated rings. The second-order valence-electron chi connectivity index (χ2n) is 5.62.